The fourth-order valence-corrected chi connectivity index (χ4v) is 2.08. The van der Waals surface area contributed by atoms with Crippen molar-refractivity contribution in [3.05, 3.63) is 0 Å². The number of rotatable bonds is 9. The highest BCUT2D eigenvalue weighted by molar-refractivity contribution is 4.86. The van der Waals surface area contributed by atoms with Gasteiger partial charge >= 0.3 is 0 Å². The summed E-state index contributed by atoms with van der Waals surface area (Å²) in [6.07, 6.45) is 9.20. The van der Waals surface area contributed by atoms with Crippen molar-refractivity contribution < 1.29 is 0 Å². The van der Waals surface area contributed by atoms with Gasteiger partial charge in [-0.15, -0.1) is 0 Å². The van der Waals surface area contributed by atoms with E-state index in [9.17, 15) is 0 Å². The van der Waals surface area contributed by atoms with E-state index in [0.29, 0.717) is 6.04 Å². The SMILES string of the molecule is CCCCC(N)CN(CCCC)C1CC1. The van der Waals surface area contributed by atoms with Crippen molar-refractivity contribution in [2.24, 2.45) is 5.73 Å². The quantitative estimate of drug-likeness (QED) is 0.637. The zero-order valence-electron chi connectivity index (χ0n) is 10.5. The highest BCUT2D eigenvalue weighted by Gasteiger charge is 2.29. The molecule has 0 aromatic carbocycles. The molecule has 2 nitrogen and oxygen atoms in total. The Morgan fingerprint density at radius 3 is 2.40 bits per heavy atom. The van der Waals surface area contributed by atoms with Crippen LogP contribution in [0.2, 0.25) is 0 Å². The van der Waals surface area contributed by atoms with Crippen LogP contribution in [0.15, 0.2) is 0 Å². The van der Waals surface area contributed by atoms with Crippen LogP contribution in [0.1, 0.15) is 58.8 Å². The van der Waals surface area contributed by atoms with E-state index in [1.165, 1.54) is 51.5 Å². The molecule has 0 bridgehead atoms. The minimum Gasteiger partial charge on any atom is -0.327 e. The highest BCUT2D eigenvalue weighted by atomic mass is 15.2. The Hall–Kier alpha value is -0.0800. The first-order chi connectivity index (χ1) is 7.27. The Labute approximate surface area is 95.2 Å². The number of nitrogens with two attached hydrogens (primary N) is 1. The van der Waals surface area contributed by atoms with Crippen LogP contribution in [0.5, 0.6) is 0 Å². The second kappa shape index (κ2) is 7.24. The average molecular weight is 212 g/mol. The van der Waals surface area contributed by atoms with Crippen LogP contribution in [0.25, 0.3) is 0 Å². The average Bonchev–Trinajstić information content (AvgIpc) is 3.04. The van der Waals surface area contributed by atoms with Gasteiger partial charge < -0.3 is 5.73 Å². The van der Waals surface area contributed by atoms with Crippen molar-refractivity contribution >= 4 is 0 Å². The first kappa shape index (κ1) is 13.0. The lowest BCUT2D eigenvalue weighted by Crippen LogP contribution is -2.39. The number of hydrogen-bond donors (Lipinski definition) is 1. The fraction of sp³-hybridized carbons (Fsp3) is 1.00. The molecule has 0 radical (unpaired) electrons. The van der Waals surface area contributed by atoms with E-state index in [-0.39, 0.29) is 0 Å². The fourth-order valence-electron chi connectivity index (χ4n) is 2.08. The van der Waals surface area contributed by atoms with Crippen molar-refractivity contribution in [3.63, 3.8) is 0 Å². The zero-order valence-corrected chi connectivity index (χ0v) is 10.5. The van der Waals surface area contributed by atoms with Gasteiger partial charge in [-0.1, -0.05) is 33.1 Å². The van der Waals surface area contributed by atoms with Gasteiger partial charge in [-0.3, -0.25) is 4.90 Å². The van der Waals surface area contributed by atoms with Crippen LogP contribution in [-0.2, 0) is 0 Å². The third-order valence-electron chi connectivity index (χ3n) is 3.26. The molecule has 1 saturated carbocycles. The summed E-state index contributed by atoms with van der Waals surface area (Å²) in [4.78, 5) is 2.63. The Kier molecular flexibility index (Phi) is 6.26. The second-order valence-corrected chi connectivity index (χ2v) is 4.98. The third kappa shape index (κ3) is 5.53. The maximum Gasteiger partial charge on any atom is 0.0167 e. The van der Waals surface area contributed by atoms with Crippen LogP contribution in [0.4, 0.5) is 0 Å². The van der Waals surface area contributed by atoms with Gasteiger partial charge in [0.05, 0.1) is 0 Å². The van der Waals surface area contributed by atoms with E-state index in [1.54, 1.807) is 0 Å². The molecule has 1 rings (SSSR count). The molecule has 1 aliphatic carbocycles. The number of nitrogens with zero attached hydrogens (tertiary/aromatic N) is 1. The van der Waals surface area contributed by atoms with Gasteiger partial charge in [-0.25, -0.2) is 0 Å². The van der Waals surface area contributed by atoms with E-state index in [2.05, 4.69) is 18.7 Å². The molecule has 0 aliphatic heterocycles. The molecule has 1 atom stereocenters. The molecule has 1 aliphatic rings. The smallest absolute Gasteiger partial charge is 0.0167 e. The summed E-state index contributed by atoms with van der Waals surface area (Å²) in [6, 6.07) is 1.28. The molecule has 0 aromatic rings. The molecule has 0 spiro atoms. The van der Waals surface area contributed by atoms with Gasteiger partial charge in [0.1, 0.15) is 0 Å². The number of hydrogen-bond acceptors (Lipinski definition) is 2. The molecule has 90 valence electrons. The monoisotopic (exact) mass is 212 g/mol. The lowest BCUT2D eigenvalue weighted by atomic mass is 10.1. The van der Waals surface area contributed by atoms with E-state index in [1.807, 2.05) is 0 Å². The molecule has 0 amide bonds. The van der Waals surface area contributed by atoms with Gasteiger partial charge in [0.15, 0.2) is 0 Å². The van der Waals surface area contributed by atoms with Gasteiger partial charge in [-0.05, 0) is 32.2 Å². The van der Waals surface area contributed by atoms with E-state index in [0.717, 1.165) is 12.6 Å². The van der Waals surface area contributed by atoms with Crippen LogP contribution < -0.4 is 5.73 Å². The summed E-state index contributed by atoms with van der Waals surface area (Å²) in [5.74, 6) is 0. The van der Waals surface area contributed by atoms with Crippen LogP contribution in [-0.4, -0.2) is 30.1 Å². The maximum absolute atomic E-state index is 6.16. The summed E-state index contributed by atoms with van der Waals surface area (Å²) in [5.41, 5.74) is 6.16. The van der Waals surface area contributed by atoms with Crippen molar-refractivity contribution in [2.75, 3.05) is 13.1 Å². The molecule has 1 unspecified atom stereocenters. The summed E-state index contributed by atoms with van der Waals surface area (Å²) < 4.78 is 0. The van der Waals surface area contributed by atoms with Crippen LogP contribution in [0, 0.1) is 0 Å². The largest absolute Gasteiger partial charge is 0.327 e. The minimum absolute atomic E-state index is 0.405. The molecule has 2 heteroatoms. The molecular weight excluding hydrogens is 184 g/mol. The van der Waals surface area contributed by atoms with Gasteiger partial charge in [0.2, 0.25) is 0 Å². The summed E-state index contributed by atoms with van der Waals surface area (Å²) in [6.45, 7) is 6.90. The zero-order chi connectivity index (χ0) is 11.1. The first-order valence-electron chi connectivity index (χ1n) is 6.77. The lowest BCUT2D eigenvalue weighted by molar-refractivity contribution is 0.238. The Morgan fingerprint density at radius 2 is 1.87 bits per heavy atom. The summed E-state index contributed by atoms with van der Waals surface area (Å²) in [7, 11) is 0. The summed E-state index contributed by atoms with van der Waals surface area (Å²) in [5, 5.41) is 0. The highest BCUT2D eigenvalue weighted by Crippen LogP contribution is 2.27. The topological polar surface area (TPSA) is 29.3 Å². The van der Waals surface area contributed by atoms with Crippen molar-refractivity contribution in [1.29, 1.82) is 0 Å². The second-order valence-electron chi connectivity index (χ2n) is 4.98. The first-order valence-corrected chi connectivity index (χ1v) is 6.77. The van der Waals surface area contributed by atoms with E-state index < -0.39 is 0 Å². The van der Waals surface area contributed by atoms with Gasteiger partial charge in [-0.2, -0.15) is 0 Å². The van der Waals surface area contributed by atoms with E-state index in [4.69, 9.17) is 5.73 Å². The third-order valence-corrected chi connectivity index (χ3v) is 3.26. The molecule has 15 heavy (non-hydrogen) atoms. The van der Waals surface area contributed by atoms with Gasteiger partial charge in [0.25, 0.3) is 0 Å². The van der Waals surface area contributed by atoms with Crippen molar-refractivity contribution in [2.45, 2.75) is 70.9 Å². The lowest BCUT2D eigenvalue weighted by Gasteiger charge is -2.25. The predicted octanol–water partition coefficient (Wildman–Crippen LogP) is 2.77. The predicted molar refractivity (Wildman–Crippen MR) is 67.0 cm³/mol. The summed E-state index contributed by atoms with van der Waals surface area (Å²) >= 11 is 0. The van der Waals surface area contributed by atoms with E-state index >= 15 is 0 Å². The van der Waals surface area contributed by atoms with Gasteiger partial charge in [0, 0.05) is 18.6 Å². The van der Waals surface area contributed by atoms with Crippen molar-refractivity contribution in [3.8, 4) is 0 Å². The molecule has 2 N–H and O–H groups in total. The Bertz CT molecular complexity index is 155. The maximum atomic E-state index is 6.16. The Balaban J connectivity index is 2.17. The normalized spacial score (nSPS) is 18.4. The standard InChI is InChI=1S/C13H28N2/c1-3-5-7-12(14)11-15(10-6-4-2)13-8-9-13/h12-13H,3-11,14H2,1-2H3. The molecule has 0 aromatic heterocycles. The minimum atomic E-state index is 0.405. The Morgan fingerprint density at radius 1 is 1.20 bits per heavy atom. The number of unbranched alkanes of at least 4 members (excludes halogenated alkanes) is 2. The van der Waals surface area contributed by atoms with Crippen LogP contribution >= 0.6 is 0 Å². The molecule has 0 saturated heterocycles. The van der Waals surface area contributed by atoms with Crippen LogP contribution in [0.3, 0.4) is 0 Å². The van der Waals surface area contributed by atoms with Crippen molar-refractivity contribution in [1.82, 2.24) is 4.90 Å². The molecule has 0 heterocycles. The molecule has 1 fully saturated rings. The molecular formula is C13H28N2.